The van der Waals surface area contributed by atoms with E-state index in [0.29, 0.717) is 11.4 Å². The summed E-state index contributed by atoms with van der Waals surface area (Å²) in [5.41, 5.74) is 1.16. The first-order chi connectivity index (χ1) is 19.3. The molecule has 0 unspecified atom stereocenters. The lowest BCUT2D eigenvalue weighted by atomic mass is 10.1. The second-order valence-corrected chi connectivity index (χ2v) is 9.42. The highest BCUT2D eigenvalue weighted by Crippen LogP contribution is 2.34. The SMILES string of the molecule is CC(C)C(=O)Nc1nc(OC(=O)N(c2ccccc2)c2ccccc2)c2ncn([C@@H]3O[C@H](CO)[C@@H](O)[C@H]3O)c2n1. The summed E-state index contributed by atoms with van der Waals surface area (Å²) in [5, 5.41) is 32.9. The van der Waals surface area contributed by atoms with Crippen molar-refractivity contribution in [3.8, 4) is 5.88 Å². The third-order valence-corrected chi connectivity index (χ3v) is 6.34. The first kappa shape index (κ1) is 27.1. The number of para-hydroxylation sites is 2. The summed E-state index contributed by atoms with van der Waals surface area (Å²) >= 11 is 0. The van der Waals surface area contributed by atoms with E-state index in [4.69, 9.17) is 9.47 Å². The molecule has 0 radical (unpaired) electrons. The smallest absolute Gasteiger partial charge is 0.394 e. The summed E-state index contributed by atoms with van der Waals surface area (Å²) in [6, 6.07) is 17.7. The van der Waals surface area contributed by atoms with Gasteiger partial charge >= 0.3 is 6.09 Å². The van der Waals surface area contributed by atoms with Gasteiger partial charge < -0.3 is 24.8 Å². The molecule has 1 fully saturated rings. The number of aromatic nitrogens is 4. The van der Waals surface area contributed by atoms with Crippen LogP contribution in [0.4, 0.5) is 22.1 Å². The Hall–Kier alpha value is -4.43. The third kappa shape index (κ3) is 5.22. The van der Waals surface area contributed by atoms with Crippen LogP contribution >= 0.6 is 0 Å². The molecule has 1 aliphatic rings. The van der Waals surface area contributed by atoms with Crippen molar-refractivity contribution in [3.05, 3.63) is 67.0 Å². The minimum Gasteiger partial charge on any atom is -0.394 e. The molecule has 208 valence electrons. The fraction of sp³-hybridized carbons (Fsp3) is 0.296. The number of nitrogens with one attached hydrogen (secondary N) is 1. The number of fused-ring (bicyclic) bond motifs is 1. The van der Waals surface area contributed by atoms with Gasteiger partial charge in [-0.1, -0.05) is 50.2 Å². The minimum absolute atomic E-state index is 0.0368. The molecule has 0 aliphatic carbocycles. The molecule has 4 N–H and O–H groups in total. The van der Waals surface area contributed by atoms with Gasteiger partial charge in [0.25, 0.3) is 5.88 Å². The quantitative estimate of drug-likeness (QED) is 0.269. The van der Waals surface area contributed by atoms with Crippen molar-refractivity contribution in [2.24, 2.45) is 5.92 Å². The Morgan fingerprint density at radius 1 is 1.02 bits per heavy atom. The standard InChI is InChI=1S/C27H28N6O7/c1-15(2)23(37)30-26-29-22-19(28-14-32(22)25-21(36)20(35)18(13-34)39-25)24(31-26)40-27(38)33(16-9-5-3-6-10-16)17-11-7-4-8-12-17/h3-12,14-15,18,20-21,25,34-36H,13H2,1-2H3,(H,29,30,31,37)/t18-,20-,21-,25-/m1/s1. The highest BCUT2D eigenvalue weighted by atomic mass is 16.6. The number of benzene rings is 2. The number of aliphatic hydroxyl groups excluding tert-OH is 3. The van der Waals surface area contributed by atoms with E-state index in [1.165, 1.54) is 15.8 Å². The zero-order chi connectivity index (χ0) is 28.4. The monoisotopic (exact) mass is 548 g/mol. The van der Waals surface area contributed by atoms with Crippen LogP contribution in [0.3, 0.4) is 0 Å². The molecule has 5 rings (SSSR count). The Bertz CT molecular complexity index is 1460. The van der Waals surface area contributed by atoms with Crippen molar-refractivity contribution in [3.63, 3.8) is 0 Å². The molecular weight excluding hydrogens is 520 g/mol. The number of carbonyl (C=O) groups is 2. The van der Waals surface area contributed by atoms with Gasteiger partial charge in [0.1, 0.15) is 18.3 Å². The molecule has 13 heteroatoms. The van der Waals surface area contributed by atoms with Gasteiger partial charge in [-0.05, 0) is 24.3 Å². The van der Waals surface area contributed by atoms with Gasteiger partial charge in [-0.15, -0.1) is 0 Å². The van der Waals surface area contributed by atoms with E-state index in [2.05, 4.69) is 20.3 Å². The lowest BCUT2D eigenvalue weighted by Gasteiger charge is -2.22. The average Bonchev–Trinajstić information content (AvgIpc) is 3.50. The fourth-order valence-corrected chi connectivity index (χ4v) is 4.21. The maximum absolute atomic E-state index is 13.6. The number of rotatable bonds is 7. The van der Waals surface area contributed by atoms with Gasteiger partial charge in [0.05, 0.1) is 24.3 Å². The number of nitrogens with zero attached hydrogens (tertiary/aromatic N) is 5. The molecule has 4 atom stereocenters. The van der Waals surface area contributed by atoms with E-state index >= 15 is 0 Å². The predicted octanol–water partition coefficient (Wildman–Crippen LogP) is 2.37. The second-order valence-electron chi connectivity index (χ2n) is 9.42. The summed E-state index contributed by atoms with van der Waals surface area (Å²) < 4.78 is 12.7. The van der Waals surface area contributed by atoms with Crippen LogP contribution in [0.25, 0.3) is 11.2 Å². The van der Waals surface area contributed by atoms with Gasteiger partial charge in [0.2, 0.25) is 11.9 Å². The van der Waals surface area contributed by atoms with E-state index < -0.39 is 43.2 Å². The molecule has 2 aromatic heterocycles. The van der Waals surface area contributed by atoms with Crippen LogP contribution in [0.5, 0.6) is 5.88 Å². The third-order valence-electron chi connectivity index (χ3n) is 6.34. The van der Waals surface area contributed by atoms with Crippen LogP contribution in [0.15, 0.2) is 67.0 Å². The Morgan fingerprint density at radius 3 is 2.20 bits per heavy atom. The van der Waals surface area contributed by atoms with Crippen LogP contribution in [-0.4, -0.2) is 71.8 Å². The van der Waals surface area contributed by atoms with Crippen LogP contribution in [0.2, 0.25) is 0 Å². The molecule has 0 spiro atoms. The maximum atomic E-state index is 13.6. The van der Waals surface area contributed by atoms with E-state index in [1.807, 2.05) is 12.1 Å². The molecule has 1 saturated heterocycles. The molecule has 40 heavy (non-hydrogen) atoms. The van der Waals surface area contributed by atoms with Crippen molar-refractivity contribution < 1.29 is 34.4 Å². The fourth-order valence-electron chi connectivity index (χ4n) is 4.21. The number of anilines is 3. The molecule has 3 heterocycles. The Labute approximate surface area is 228 Å². The molecule has 13 nitrogen and oxygen atoms in total. The summed E-state index contributed by atoms with van der Waals surface area (Å²) in [7, 11) is 0. The highest BCUT2D eigenvalue weighted by molar-refractivity contribution is 5.98. The van der Waals surface area contributed by atoms with Crippen molar-refractivity contribution in [1.82, 2.24) is 19.5 Å². The second kappa shape index (κ2) is 11.4. The van der Waals surface area contributed by atoms with Gasteiger partial charge in [-0.3, -0.25) is 14.7 Å². The van der Waals surface area contributed by atoms with Gasteiger partial charge in [0, 0.05) is 5.92 Å². The highest BCUT2D eigenvalue weighted by Gasteiger charge is 2.44. The molecule has 0 saturated carbocycles. The number of imidazole rings is 1. The molecular formula is C27H28N6O7. The van der Waals surface area contributed by atoms with Crippen molar-refractivity contribution in [2.75, 3.05) is 16.8 Å². The van der Waals surface area contributed by atoms with Crippen molar-refractivity contribution >= 4 is 40.5 Å². The molecule has 1 aliphatic heterocycles. The zero-order valence-corrected chi connectivity index (χ0v) is 21.7. The molecule has 0 bridgehead atoms. The van der Waals surface area contributed by atoms with Gasteiger partial charge in [0.15, 0.2) is 17.4 Å². The van der Waals surface area contributed by atoms with E-state index in [9.17, 15) is 24.9 Å². The van der Waals surface area contributed by atoms with E-state index in [1.54, 1.807) is 62.4 Å². The number of ether oxygens (including phenoxy) is 2. The lowest BCUT2D eigenvalue weighted by molar-refractivity contribution is -0.118. The van der Waals surface area contributed by atoms with E-state index in [-0.39, 0.29) is 28.9 Å². The van der Waals surface area contributed by atoms with Crippen LogP contribution < -0.4 is 15.0 Å². The molecule has 4 aromatic rings. The number of hydrogen-bond acceptors (Lipinski definition) is 10. The zero-order valence-electron chi connectivity index (χ0n) is 21.7. The van der Waals surface area contributed by atoms with Crippen molar-refractivity contribution in [1.29, 1.82) is 0 Å². The lowest BCUT2D eigenvalue weighted by Crippen LogP contribution is -2.33. The molecule has 2 aromatic carbocycles. The normalized spacial score (nSPS) is 20.6. The van der Waals surface area contributed by atoms with Gasteiger partial charge in [-0.2, -0.15) is 9.97 Å². The van der Waals surface area contributed by atoms with E-state index in [0.717, 1.165) is 0 Å². The number of amides is 2. The summed E-state index contributed by atoms with van der Waals surface area (Å²) in [5.74, 6) is -1.21. The maximum Gasteiger partial charge on any atom is 0.425 e. The minimum atomic E-state index is -1.42. The van der Waals surface area contributed by atoms with Crippen LogP contribution in [-0.2, 0) is 9.53 Å². The Morgan fingerprint density at radius 2 is 1.65 bits per heavy atom. The Balaban J connectivity index is 1.57. The summed E-state index contributed by atoms with van der Waals surface area (Å²) in [4.78, 5) is 40.3. The van der Waals surface area contributed by atoms with Crippen LogP contribution in [0.1, 0.15) is 20.1 Å². The summed E-state index contributed by atoms with van der Waals surface area (Å²) in [6.45, 7) is 2.86. The van der Waals surface area contributed by atoms with Crippen molar-refractivity contribution in [2.45, 2.75) is 38.4 Å². The topological polar surface area (TPSA) is 172 Å². The average molecular weight is 549 g/mol. The Kier molecular flexibility index (Phi) is 7.71. The first-order valence-corrected chi connectivity index (χ1v) is 12.6. The predicted molar refractivity (Wildman–Crippen MR) is 143 cm³/mol. The summed E-state index contributed by atoms with van der Waals surface area (Å²) in [6.07, 6.45) is -4.53. The number of aliphatic hydroxyl groups is 3. The largest absolute Gasteiger partial charge is 0.425 e. The number of hydrogen-bond donors (Lipinski definition) is 4. The molecule has 2 amide bonds. The number of carbonyl (C=O) groups excluding carboxylic acids is 2. The van der Waals surface area contributed by atoms with Gasteiger partial charge in [-0.25, -0.2) is 14.7 Å². The first-order valence-electron chi connectivity index (χ1n) is 12.6. The van der Waals surface area contributed by atoms with Crippen LogP contribution in [0, 0.1) is 5.92 Å².